The molecule has 88 valence electrons. The van der Waals surface area contributed by atoms with Gasteiger partial charge in [0.15, 0.2) is 0 Å². The van der Waals surface area contributed by atoms with E-state index in [1.54, 1.807) is 7.11 Å². The zero-order chi connectivity index (χ0) is 11.4. The number of hydrogen-bond donors (Lipinski definition) is 1. The van der Waals surface area contributed by atoms with Gasteiger partial charge in [-0.2, -0.15) is 11.8 Å². The van der Waals surface area contributed by atoms with Crippen molar-refractivity contribution in [3.8, 4) is 5.88 Å². The molecule has 5 heteroatoms. The zero-order valence-electron chi connectivity index (χ0n) is 9.69. The van der Waals surface area contributed by atoms with Crippen molar-refractivity contribution in [3.63, 3.8) is 0 Å². The Bertz CT molecular complexity index is 353. The van der Waals surface area contributed by atoms with Gasteiger partial charge in [-0.25, -0.2) is 9.97 Å². The van der Waals surface area contributed by atoms with Gasteiger partial charge in [-0.1, -0.05) is 0 Å². The van der Waals surface area contributed by atoms with Gasteiger partial charge >= 0.3 is 0 Å². The summed E-state index contributed by atoms with van der Waals surface area (Å²) >= 11 is 2.04. The van der Waals surface area contributed by atoms with Crippen molar-refractivity contribution in [2.75, 3.05) is 24.7 Å². The lowest BCUT2D eigenvalue weighted by Crippen LogP contribution is -2.27. The first-order valence-electron chi connectivity index (χ1n) is 5.46. The lowest BCUT2D eigenvalue weighted by molar-refractivity contribution is 0.397. The summed E-state index contributed by atoms with van der Waals surface area (Å²) in [6, 6.07) is 1.82. The number of hydrogen-bond acceptors (Lipinski definition) is 5. The van der Waals surface area contributed by atoms with Gasteiger partial charge < -0.3 is 10.1 Å². The maximum absolute atomic E-state index is 5.06. The number of thioether (sulfide) groups is 1. The van der Waals surface area contributed by atoms with Gasteiger partial charge in [-0.15, -0.1) is 0 Å². The molecule has 1 N–H and O–H groups in total. The van der Waals surface area contributed by atoms with Crippen molar-refractivity contribution in [2.24, 2.45) is 0 Å². The predicted molar refractivity (Wildman–Crippen MR) is 67.2 cm³/mol. The molecule has 2 rings (SSSR count). The summed E-state index contributed by atoms with van der Waals surface area (Å²) in [5.74, 6) is 2.70. The molecule has 0 saturated carbocycles. The van der Waals surface area contributed by atoms with Gasteiger partial charge in [-0.3, -0.25) is 0 Å². The summed E-state index contributed by atoms with van der Waals surface area (Å²) < 4.78 is 5.40. The van der Waals surface area contributed by atoms with E-state index < -0.39 is 0 Å². The van der Waals surface area contributed by atoms with Crippen LogP contribution in [0, 0.1) is 0 Å². The van der Waals surface area contributed by atoms with Crippen molar-refractivity contribution in [2.45, 2.75) is 24.5 Å². The minimum atomic E-state index is 0.345. The standard InChI is InChI=1S/C11H17N3OS/c1-11(4-3-5-16-11)7-12-9-6-10(15-2)14-8-13-9/h6,8H,3-5,7H2,1-2H3,(H,12,13,14). The molecule has 1 aliphatic rings. The average Bonchev–Trinajstić information content (AvgIpc) is 2.75. The van der Waals surface area contributed by atoms with Crippen LogP contribution in [0.3, 0.4) is 0 Å². The third-order valence-electron chi connectivity index (χ3n) is 2.80. The fraction of sp³-hybridized carbons (Fsp3) is 0.636. The largest absolute Gasteiger partial charge is 0.481 e. The lowest BCUT2D eigenvalue weighted by atomic mass is 10.1. The molecule has 16 heavy (non-hydrogen) atoms. The SMILES string of the molecule is COc1cc(NCC2(C)CCCS2)ncn1. The summed E-state index contributed by atoms with van der Waals surface area (Å²) in [4.78, 5) is 8.14. The van der Waals surface area contributed by atoms with Gasteiger partial charge in [0.2, 0.25) is 5.88 Å². The molecule has 1 aromatic rings. The van der Waals surface area contributed by atoms with Gasteiger partial charge in [0.1, 0.15) is 12.1 Å². The fourth-order valence-electron chi connectivity index (χ4n) is 1.80. The van der Waals surface area contributed by atoms with Gasteiger partial charge in [0.05, 0.1) is 7.11 Å². The van der Waals surface area contributed by atoms with E-state index in [4.69, 9.17) is 4.74 Å². The topological polar surface area (TPSA) is 47.0 Å². The molecular weight excluding hydrogens is 222 g/mol. The second-order valence-electron chi connectivity index (χ2n) is 4.20. The zero-order valence-corrected chi connectivity index (χ0v) is 10.5. The first-order valence-corrected chi connectivity index (χ1v) is 6.44. The van der Waals surface area contributed by atoms with E-state index in [0.29, 0.717) is 10.6 Å². The molecule has 1 aromatic heterocycles. The molecule has 2 heterocycles. The van der Waals surface area contributed by atoms with Gasteiger partial charge in [-0.05, 0) is 25.5 Å². The van der Waals surface area contributed by atoms with Crippen molar-refractivity contribution >= 4 is 17.6 Å². The van der Waals surface area contributed by atoms with Gasteiger partial charge in [0.25, 0.3) is 0 Å². The number of aromatic nitrogens is 2. The van der Waals surface area contributed by atoms with Crippen LogP contribution in [0.1, 0.15) is 19.8 Å². The number of anilines is 1. The number of nitrogens with one attached hydrogen (secondary N) is 1. The van der Waals surface area contributed by atoms with Crippen LogP contribution in [-0.4, -0.2) is 34.1 Å². The summed E-state index contributed by atoms with van der Waals surface area (Å²) in [6.07, 6.45) is 4.11. The maximum Gasteiger partial charge on any atom is 0.218 e. The Balaban J connectivity index is 1.93. The van der Waals surface area contributed by atoms with Crippen LogP contribution in [0.25, 0.3) is 0 Å². The van der Waals surface area contributed by atoms with Gasteiger partial charge in [0, 0.05) is 17.4 Å². The molecule has 1 atom stereocenters. The van der Waals surface area contributed by atoms with Crippen LogP contribution in [0.15, 0.2) is 12.4 Å². The van der Waals surface area contributed by atoms with E-state index in [-0.39, 0.29) is 0 Å². The van der Waals surface area contributed by atoms with Crippen molar-refractivity contribution in [3.05, 3.63) is 12.4 Å². The molecule has 1 saturated heterocycles. The molecule has 1 fully saturated rings. The van der Waals surface area contributed by atoms with E-state index >= 15 is 0 Å². The highest BCUT2D eigenvalue weighted by molar-refractivity contribution is 8.00. The second kappa shape index (κ2) is 4.91. The highest BCUT2D eigenvalue weighted by Crippen LogP contribution is 2.37. The Kier molecular flexibility index (Phi) is 3.53. The van der Waals surface area contributed by atoms with Crippen LogP contribution in [0.5, 0.6) is 5.88 Å². The monoisotopic (exact) mass is 239 g/mol. The minimum absolute atomic E-state index is 0.345. The van der Waals surface area contributed by atoms with Crippen LogP contribution in [-0.2, 0) is 0 Å². The quantitative estimate of drug-likeness (QED) is 0.872. The normalized spacial score (nSPS) is 24.4. The molecule has 0 spiro atoms. The first kappa shape index (κ1) is 11.5. The minimum Gasteiger partial charge on any atom is -0.481 e. The number of methoxy groups -OCH3 is 1. The van der Waals surface area contributed by atoms with E-state index in [1.165, 1.54) is 24.9 Å². The highest BCUT2D eigenvalue weighted by Gasteiger charge is 2.29. The van der Waals surface area contributed by atoms with Crippen molar-refractivity contribution < 1.29 is 4.74 Å². The fourth-order valence-corrected chi connectivity index (χ4v) is 3.05. The molecule has 0 aliphatic carbocycles. The molecule has 1 aliphatic heterocycles. The molecule has 4 nitrogen and oxygen atoms in total. The van der Waals surface area contributed by atoms with Crippen molar-refractivity contribution in [1.82, 2.24) is 9.97 Å². The Hall–Kier alpha value is -0.970. The van der Waals surface area contributed by atoms with Crippen LogP contribution < -0.4 is 10.1 Å². The third-order valence-corrected chi connectivity index (χ3v) is 4.33. The summed E-state index contributed by atoms with van der Waals surface area (Å²) in [5.41, 5.74) is 0. The molecule has 0 aromatic carbocycles. The van der Waals surface area contributed by atoms with E-state index in [0.717, 1.165) is 12.4 Å². The highest BCUT2D eigenvalue weighted by atomic mass is 32.2. The Morgan fingerprint density at radius 2 is 2.44 bits per heavy atom. The van der Waals surface area contributed by atoms with Crippen molar-refractivity contribution in [1.29, 1.82) is 0 Å². The van der Waals surface area contributed by atoms with E-state index in [9.17, 15) is 0 Å². The van der Waals surface area contributed by atoms with Crippen LogP contribution in [0.4, 0.5) is 5.82 Å². The lowest BCUT2D eigenvalue weighted by Gasteiger charge is -2.23. The first-order chi connectivity index (χ1) is 7.72. The number of nitrogens with zero attached hydrogens (tertiary/aromatic N) is 2. The summed E-state index contributed by atoms with van der Waals surface area (Å²) in [7, 11) is 1.61. The Labute approximate surface area is 100 Å². The molecule has 0 amide bonds. The third kappa shape index (κ3) is 2.78. The van der Waals surface area contributed by atoms with Crippen LogP contribution in [0.2, 0.25) is 0 Å². The molecular formula is C11H17N3OS. The number of rotatable bonds is 4. The molecule has 0 radical (unpaired) electrons. The predicted octanol–water partition coefficient (Wildman–Crippen LogP) is 2.18. The Morgan fingerprint density at radius 3 is 3.12 bits per heavy atom. The smallest absolute Gasteiger partial charge is 0.218 e. The molecule has 0 bridgehead atoms. The van der Waals surface area contributed by atoms with Crippen LogP contribution >= 0.6 is 11.8 Å². The summed E-state index contributed by atoms with van der Waals surface area (Å²) in [5, 5.41) is 3.35. The van der Waals surface area contributed by atoms with E-state index in [1.807, 2.05) is 17.8 Å². The maximum atomic E-state index is 5.06. The molecule has 1 unspecified atom stereocenters. The number of ether oxygens (including phenoxy) is 1. The summed E-state index contributed by atoms with van der Waals surface area (Å²) in [6.45, 7) is 3.24. The van der Waals surface area contributed by atoms with E-state index in [2.05, 4.69) is 22.2 Å². The Morgan fingerprint density at radius 1 is 1.56 bits per heavy atom. The second-order valence-corrected chi connectivity index (χ2v) is 5.88. The average molecular weight is 239 g/mol.